The molecule has 3 N–H and O–H groups in total. The van der Waals surface area contributed by atoms with E-state index in [-0.39, 0.29) is 42.7 Å². The number of fused-ring (bicyclic) bond motifs is 2. The minimum atomic E-state index is -4.26. The van der Waals surface area contributed by atoms with Crippen molar-refractivity contribution in [1.29, 1.82) is 0 Å². The summed E-state index contributed by atoms with van der Waals surface area (Å²) < 4.78 is 49.6. The Morgan fingerprint density at radius 2 is 1.65 bits per heavy atom. The van der Waals surface area contributed by atoms with E-state index in [1.54, 1.807) is 17.8 Å². The van der Waals surface area contributed by atoms with Crippen molar-refractivity contribution in [3.8, 4) is 11.1 Å². The van der Waals surface area contributed by atoms with Crippen LogP contribution < -0.4 is 16.3 Å². The third kappa shape index (κ3) is 10.3. The maximum atomic E-state index is 13.1. The molecule has 3 aromatic heterocycles. The van der Waals surface area contributed by atoms with Gasteiger partial charge in [0.15, 0.2) is 0 Å². The van der Waals surface area contributed by atoms with Gasteiger partial charge in [0.25, 0.3) is 0 Å². The fourth-order valence-corrected chi connectivity index (χ4v) is 10.0. The quantitative estimate of drug-likeness (QED) is 0.0904. The summed E-state index contributed by atoms with van der Waals surface area (Å²) in [6, 6.07) is 14.6. The molecule has 65 heavy (non-hydrogen) atoms. The predicted octanol–water partition coefficient (Wildman–Crippen LogP) is 5.02. The van der Waals surface area contributed by atoms with Crippen LogP contribution in [0.4, 0.5) is 19.1 Å². The van der Waals surface area contributed by atoms with Crippen LogP contribution in [0.3, 0.4) is 0 Å². The summed E-state index contributed by atoms with van der Waals surface area (Å²) in [6.45, 7) is 9.05. The minimum Gasteiger partial charge on any atom is -0.393 e. The van der Waals surface area contributed by atoms with Gasteiger partial charge in [0.05, 0.1) is 30.2 Å². The molecular weight excluding hydrogens is 842 g/mol. The van der Waals surface area contributed by atoms with Crippen LogP contribution in [-0.2, 0) is 34.3 Å². The van der Waals surface area contributed by atoms with Gasteiger partial charge in [0.2, 0.25) is 17.8 Å². The van der Waals surface area contributed by atoms with Gasteiger partial charge in [0.1, 0.15) is 11.7 Å². The number of piperazine rings is 1. The van der Waals surface area contributed by atoms with Crippen LogP contribution in [0.2, 0.25) is 0 Å². The Bertz CT molecular complexity index is 2530. The molecule has 2 aromatic carbocycles. The second-order valence-corrected chi connectivity index (χ2v) is 18.3. The molecule has 4 fully saturated rings. The third-order valence-electron chi connectivity index (χ3n) is 13.8. The standard InChI is InChI=1S/C47H59F3N10O5/c1-55-41-25-31(6-13-39(41)60(46(55)64)40-14-15-42(62)53-44(40)63)3-2-23-65-24-22-57-28-35(29-57)58-20-18-56(19-21-58)27-32-4-7-33(8-5-32)38-30-59(34-9-11-36(61)12-10-34)43-37(38)26-52-45(54-43)51-17-16-47(48,49)50/h4-8,13,25-26,30,34-36,40,61H,2-3,9-12,14-24,27-29H2,1H3,(H,51,52,54)(H,53,62,63)/t34-,36-,40-/m0/s1. The van der Waals surface area contributed by atoms with Crippen LogP contribution in [0.5, 0.6) is 0 Å². The molecule has 0 spiro atoms. The Balaban J connectivity index is 0.697. The summed E-state index contributed by atoms with van der Waals surface area (Å²) in [7, 11) is 1.71. The zero-order valence-electron chi connectivity index (χ0n) is 36.9. The largest absolute Gasteiger partial charge is 0.393 e. The molecule has 2 amide bonds. The van der Waals surface area contributed by atoms with Crippen LogP contribution >= 0.6 is 0 Å². The number of benzene rings is 2. The molecule has 5 aromatic rings. The Kier molecular flexibility index (Phi) is 13.4. The Labute approximate surface area is 375 Å². The predicted molar refractivity (Wildman–Crippen MR) is 240 cm³/mol. The van der Waals surface area contributed by atoms with Gasteiger partial charge >= 0.3 is 11.9 Å². The number of carbonyl (C=O) groups excluding carboxylic acids is 2. The second kappa shape index (κ2) is 19.4. The van der Waals surface area contributed by atoms with Crippen molar-refractivity contribution in [3.05, 3.63) is 76.5 Å². The molecule has 0 bridgehead atoms. The number of nitrogens with one attached hydrogen (secondary N) is 2. The number of imide groups is 1. The SMILES string of the molecule is Cn1c(=O)n([C@H]2CCC(=O)NC2=O)c2ccc(CCCOCCN3CC(N4CCN(Cc5ccc(-c6cn([C@H]7CC[C@H](O)CC7)c7nc(NCCC(F)(F)F)ncc67)cc5)CC4)C3)cc21. The number of halogens is 3. The smallest absolute Gasteiger partial charge is 0.390 e. The van der Waals surface area contributed by atoms with E-state index in [0.29, 0.717) is 49.7 Å². The fraction of sp³-hybridized carbons (Fsp3) is 0.553. The highest BCUT2D eigenvalue weighted by Crippen LogP contribution is 2.37. The summed E-state index contributed by atoms with van der Waals surface area (Å²) in [5.41, 5.74) is 6.25. The van der Waals surface area contributed by atoms with Gasteiger partial charge in [-0.2, -0.15) is 18.2 Å². The van der Waals surface area contributed by atoms with Crippen LogP contribution in [-0.4, -0.2) is 139 Å². The maximum Gasteiger partial charge on any atom is 0.390 e. The minimum absolute atomic E-state index is 0.136. The van der Waals surface area contributed by atoms with E-state index < -0.39 is 24.5 Å². The van der Waals surface area contributed by atoms with E-state index in [9.17, 15) is 32.7 Å². The molecule has 9 rings (SSSR count). The summed E-state index contributed by atoms with van der Waals surface area (Å²) >= 11 is 0. The number of nitrogens with zero attached hydrogens (tertiary/aromatic N) is 8. The Hall–Kier alpha value is -5.14. The number of anilines is 1. The third-order valence-corrected chi connectivity index (χ3v) is 13.8. The first-order valence-corrected chi connectivity index (χ1v) is 23.1. The first-order valence-electron chi connectivity index (χ1n) is 23.1. The fourth-order valence-electron chi connectivity index (χ4n) is 10.0. The summed E-state index contributed by atoms with van der Waals surface area (Å²) in [5, 5.41) is 16.1. The molecule has 3 saturated heterocycles. The lowest BCUT2D eigenvalue weighted by molar-refractivity contribution is -0.136. The van der Waals surface area contributed by atoms with Crippen molar-refractivity contribution in [2.45, 2.75) is 94.7 Å². The van der Waals surface area contributed by atoms with E-state index >= 15 is 0 Å². The number of hydrogen-bond acceptors (Lipinski definition) is 11. The van der Waals surface area contributed by atoms with E-state index in [4.69, 9.17) is 4.74 Å². The van der Waals surface area contributed by atoms with Gasteiger partial charge in [-0.25, -0.2) is 9.78 Å². The molecule has 18 heteroatoms. The maximum absolute atomic E-state index is 13.1. The first-order chi connectivity index (χ1) is 31.4. The number of alkyl halides is 3. The number of likely N-dealkylation sites (tertiary alicyclic amines) is 1. The number of imidazole rings is 1. The molecule has 348 valence electrons. The molecule has 3 aliphatic heterocycles. The topological polar surface area (TPSA) is 155 Å². The molecule has 0 radical (unpaired) electrons. The normalized spacial score (nSPS) is 21.9. The van der Waals surface area contributed by atoms with Crippen molar-refractivity contribution >= 4 is 39.8 Å². The number of aliphatic hydroxyl groups is 1. The zero-order valence-corrected chi connectivity index (χ0v) is 36.9. The lowest BCUT2D eigenvalue weighted by atomic mass is 9.93. The van der Waals surface area contributed by atoms with Crippen molar-refractivity contribution < 1.29 is 32.6 Å². The summed E-state index contributed by atoms with van der Waals surface area (Å²) in [4.78, 5) is 53.9. The number of carbonyl (C=O) groups is 2. The molecule has 4 aliphatic rings. The van der Waals surface area contributed by atoms with Crippen LogP contribution in [0.25, 0.3) is 33.2 Å². The van der Waals surface area contributed by atoms with Gasteiger partial charge in [-0.1, -0.05) is 30.3 Å². The molecule has 1 atom stereocenters. The highest BCUT2D eigenvalue weighted by molar-refractivity contribution is 6.00. The van der Waals surface area contributed by atoms with E-state index in [1.807, 2.05) is 18.2 Å². The first kappa shape index (κ1) is 45.0. The number of aryl methyl sites for hydroxylation is 2. The number of aliphatic hydroxyl groups excluding tert-OH is 1. The van der Waals surface area contributed by atoms with Crippen molar-refractivity contribution in [2.75, 3.05) is 70.9 Å². The number of rotatable bonds is 16. The van der Waals surface area contributed by atoms with Crippen molar-refractivity contribution in [1.82, 2.24) is 43.7 Å². The Morgan fingerprint density at radius 3 is 2.38 bits per heavy atom. The van der Waals surface area contributed by atoms with Crippen molar-refractivity contribution in [2.24, 2.45) is 7.05 Å². The molecule has 0 unspecified atom stereocenters. The number of amides is 2. The van der Waals surface area contributed by atoms with Gasteiger partial charge < -0.3 is 19.7 Å². The molecule has 1 aliphatic carbocycles. The molecule has 6 heterocycles. The van der Waals surface area contributed by atoms with Gasteiger partial charge in [-0.15, -0.1) is 0 Å². The number of aromatic nitrogens is 5. The van der Waals surface area contributed by atoms with E-state index in [0.717, 1.165) is 106 Å². The number of ether oxygens (including phenoxy) is 1. The van der Waals surface area contributed by atoms with Gasteiger partial charge in [-0.05, 0) is 73.8 Å². The van der Waals surface area contributed by atoms with E-state index in [1.165, 1.54) is 10.1 Å². The highest BCUT2D eigenvalue weighted by Gasteiger charge is 2.34. The number of hydrogen-bond donors (Lipinski definition) is 3. The van der Waals surface area contributed by atoms with E-state index in [2.05, 4.69) is 70.3 Å². The Morgan fingerprint density at radius 1 is 0.892 bits per heavy atom. The molecule has 15 nitrogen and oxygen atoms in total. The lowest BCUT2D eigenvalue weighted by Gasteiger charge is -2.48. The molecular formula is C47H59F3N10O5. The van der Waals surface area contributed by atoms with Crippen LogP contribution in [0, 0.1) is 0 Å². The van der Waals surface area contributed by atoms with Crippen LogP contribution in [0.1, 0.15) is 74.6 Å². The summed E-state index contributed by atoms with van der Waals surface area (Å²) in [6.07, 6.45) is 3.46. The van der Waals surface area contributed by atoms with Crippen LogP contribution in [0.15, 0.2) is 59.7 Å². The van der Waals surface area contributed by atoms with Crippen molar-refractivity contribution in [3.63, 3.8) is 0 Å². The lowest BCUT2D eigenvalue weighted by Crippen LogP contribution is -2.63. The summed E-state index contributed by atoms with van der Waals surface area (Å²) in [5.74, 6) is -0.560. The highest BCUT2D eigenvalue weighted by atomic mass is 19.4. The molecule has 1 saturated carbocycles. The number of piperidine rings is 1. The zero-order chi connectivity index (χ0) is 45.2. The average molecular weight is 901 g/mol. The van der Waals surface area contributed by atoms with Gasteiger partial charge in [-0.3, -0.25) is 38.7 Å². The monoisotopic (exact) mass is 900 g/mol. The average Bonchev–Trinajstić information content (AvgIpc) is 3.76. The second-order valence-electron chi connectivity index (χ2n) is 18.3. The van der Waals surface area contributed by atoms with Gasteiger partial charge in [0, 0.05) is 114 Å².